The largest absolute Gasteiger partial charge is 0.336 e. The predicted octanol–water partition coefficient (Wildman–Crippen LogP) is 5.35. The van der Waals surface area contributed by atoms with Crippen molar-refractivity contribution in [2.45, 2.75) is 43.1 Å². The summed E-state index contributed by atoms with van der Waals surface area (Å²) in [6.07, 6.45) is 8.24. The molecule has 2 atom stereocenters. The van der Waals surface area contributed by atoms with Crippen molar-refractivity contribution in [2.75, 3.05) is 26.2 Å². The fourth-order valence-electron chi connectivity index (χ4n) is 7.06. The Morgan fingerprint density at radius 2 is 1.35 bits per heavy atom. The van der Waals surface area contributed by atoms with Gasteiger partial charge in [-0.3, -0.25) is 14.7 Å². The Morgan fingerprint density at radius 1 is 0.794 bits per heavy atom. The molecule has 4 nitrogen and oxygen atoms in total. The Bertz CT molecular complexity index is 1060. The Hall–Kier alpha value is -2.98. The van der Waals surface area contributed by atoms with E-state index in [0.717, 1.165) is 44.6 Å². The van der Waals surface area contributed by atoms with Gasteiger partial charge in [0.25, 0.3) is 5.91 Å². The summed E-state index contributed by atoms with van der Waals surface area (Å²) in [6.45, 7) is 3.91. The van der Waals surface area contributed by atoms with Crippen molar-refractivity contribution >= 4 is 5.91 Å². The lowest BCUT2D eigenvalue weighted by atomic mass is 9.61. The van der Waals surface area contributed by atoms with E-state index in [1.807, 2.05) is 12.1 Å². The van der Waals surface area contributed by atoms with E-state index in [9.17, 15) is 4.79 Å². The topological polar surface area (TPSA) is 36.4 Å². The van der Waals surface area contributed by atoms with Gasteiger partial charge < -0.3 is 4.90 Å². The van der Waals surface area contributed by atoms with E-state index in [-0.39, 0.29) is 11.4 Å². The number of rotatable bonds is 4. The minimum absolute atomic E-state index is 0.00715. The second kappa shape index (κ2) is 8.99. The molecule has 1 aromatic heterocycles. The second-order valence-corrected chi connectivity index (χ2v) is 10.4. The molecule has 4 heterocycles. The molecule has 3 saturated heterocycles. The summed E-state index contributed by atoms with van der Waals surface area (Å²) in [7, 11) is 0. The van der Waals surface area contributed by atoms with Crippen LogP contribution in [0.2, 0.25) is 0 Å². The lowest BCUT2D eigenvalue weighted by Crippen LogP contribution is -2.56. The van der Waals surface area contributed by atoms with Crippen LogP contribution in [0.5, 0.6) is 0 Å². The molecular formula is C30H33N3O. The molecule has 1 aliphatic carbocycles. The van der Waals surface area contributed by atoms with Gasteiger partial charge in [-0.15, -0.1) is 0 Å². The Labute approximate surface area is 202 Å². The molecule has 1 amide bonds. The van der Waals surface area contributed by atoms with Crippen LogP contribution in [0.1, 0.15) is 59.0 Å². The first-order valence-electron chi connectivity index (χ1n) is 12.8. The van der Waals surface area contributed by atoms with Gasteiger partial charge in [0, 0.05) is 36.6 Å². The van der Waals surface area contributed by atoms with Crippen LogP contribution in [0.3, 0.4) is 0 Å². The third-order valence-electron chi connectivity index (χ3n) is 8.60. The fraction of sp³-hybridized carbons (Fsp3) is 0.400. The molecule has 3 aliphatic heterocycles. The average Bonchev–Trinajstić information content (AvgIpc) is 3.34. The number of carbonyl (C=O) groups excluding carboxylic acids is 1. The van der Waals surface area contributed by atoms with Crippen LogP contribution >= 0.6 is 0 Å². The van der Waals surface area contributed by atoms with Gasteiger partial charge in [-0.1, -0.05) is 60.7 Å². The number of likely N-dealkylation sites (tertiary alicyclic amines) is 1. The number of amides is 1. The average molecular weight is 452 g/mol. The number of benzene rings is 2. The third kappa shape index (κ3) is 3.84. The number of hydrogen-bond acceptors (Lipinski definition) is 3. The molecule has 174 valence electrons. The highest BCUT2D eigenvalue weighted by atomic mass is 16.2. The van der Waals surface area contributed by atoms with E-state index in [1.165, 1.54) is 24.0 Å². The summed E-state index contributed by atoms with van der Waals surface area (Å²) < 4.78 is 0. The highest BCUT2D eigenvalue weighted by molar-refractivity contribution is 5.94. The molecule has 0 radical (unpaired) electrons. The van der Waals surface area contributed by atoms with E-state index < -0.39 is 0 Å². The van der Waals surface area contributed by atoms with E-state index >= 15 is 0 Å². The Morgan fingerprint density at radius 3 is 1.91 bits per heavy atom. The van der Waals surface area contributed by atoms with Crippen molar-refractivity contribution in [2.24, 2.45) is 5.92 Å². The summed E-state index contributed by atoms with van der Waals surface area (Å²) in [6, 6.07) is 25.9. The summed E-state index contributed by atoms with van der Waals surface area (Å²) >= 11 is 0. The van der Waals surface area contributed by atoms with Gasteiger partial charge in [-0.05, 0) is 79.8 Å². The number of pyridine rings is 1. The molecular weight excluding hydrogens is 418 g/mol. The Balaban J connectivity index is 1.47. The van der Waals surface area contributed by atoms with Crippen molar-refractivity contribution < 1.29 is 4.79 Å². The van der Waals surface area contributed by atoms with Crippen molar-refractivity contribution in [3.63, 3.8) is 0 Å². The zero-order valence-electron chi connectivity index (χ0n) is 19.7. The van der Waals surface area contributed by atoms with Crippen LogP contribution < -0.4 is 0 Å². The molecule has 7 rings (SSSR count). The van der Waals surface area contributed by atoms with Crippen LogP contribution in [0.4, 0.5) is 0 Å². The van der Waals surface area contributed by atoms with E-state index in [0.29, 0.717) is 17.8 Å². The zero-order valence-corrected chi connectivity index (χ0v) is 19.7. The first-order valence-corrected chi connectivity index (χ1v) is 12.8. The maximum atomic E-state index is 13.8. The van der Waals surface area contributed by atoms with Gasteiger partial charge >= 0.3 is 0 Å². The van der Waals surface area contributed by atoms with Crippen LogP contribution in [-0.2, 0) is 0 Å². The van der Waals surface area contributed by atoms with Gasteiger partial charge in [0.05, 0.1) is 0 Å². The van der Waals surface area contributed by atoms with Crippen LogP contribution in [0.25, 0.3) is 0 Å². The van der Waals surface area contributed by atoms with Crippen LogP contribution in [-0.4, -0.2) is 52.4 Å². The smallest absolute Gasteiger partial charge is 0.254 e. The molecule has 4 heteroatoms. The summed E-state index contributed by atoms with van der Waals surface area (Å²) in [5, 5.41) is 0. The molecule has 2 unspecified atom stereocenters. The number of fused-ring (bicyclic) bond motifs is 4. The maximum Gasteiger partial charge on any atom is 0.254 e. The summed E-state index contributed by atoms with van der Waals surface area (Å²) in [4.78, 5) is 22.9. The number of hydrogen-bond donors (Lipinski definition) is 0. The van der Waals surface area contributed by atoms with Crippen molar-refractivity contribution in [3.05, 3.63) is 102 Å². The molecule has 0 N–H and O–H groups in total. The number of carbonyl (C=O) groups is 1. The molecule has 2 aromatic carbocycles. The first kappa shape index (κ1) is 21.5. The van der Waals surface area contributed by atoms with Crippen molar-refractivity contribution in [3.8, 4) is 0 Å². The summed E-state index contributed by atoms with van der Waals surface area (Å²) in [5.74, 6) is 1.43. The molecule has 3 aromatic rings. The lowest BCUT2D eigenvalue weighted by molar-refractivity contribution is 0.0388. The monoisotopic (exact) mass is 451 g/mol. The SMILES string of the molecule is O=C(c1ccncc1)N1CC2C(c3ccccc3)CC(N3CCCC3)(CC2c2ccccc2)C1. The van der Waals surface area contributed by atoms with Gasteiger partial charge in [-0.2, -0.15) is 0 Å². The van der Waals surface area contributed by atoms with Gasteiger partial charge in [0.1, 0.15) is 0 Å². The normalized spacial score (nSPS) is 29.2. The van der Waals surface area contributed by atoms with Gasteiger partial charge in [-0.25, -0.2) is 0 Å². The summed E-state index contributed by atoms with van der Waals surface area (Å²) in [5.41, 5.74) is 3.61. The van der Waals surface area contributed by atoms with Gasteiger partial charge in [0.2, 0.25) is 0 Å². The van der Waals surface area contributed by atoms with E-state index in [1.54, 1.807) is 12.4 Å². The van der Waals surface area contributed by atoms with E-state index in [2.05, 4.69) is 75.4 Å². The minimum Gasteiger partial charge on any atom is -0.336 e. The van der Waals surface area contributed by atoms with Crippen molar-refractivity contribution in [1.29, 1.82) is 0 Å². The number of aromatic nitrogens is 1. The molecule has 1 saturated carbocycles. The fourth-order valence-corrected chi connectivity index (χ4v) is 7.06. The number of nitrogens with zero attached hydrogens (tertiary/aromatic N) is 3. The quantitative estimate of drug-likeness (QED) is 0.537. The minimum atomic E-state index is 0.00715. The third-order valence-corrected chi connectivity index (χ3v) is 8.60. The van der Waals surface area contributed by atoms with Crippen LogP contribution in [0, 0.1) is 5.92 Å². The van der Waals surface area contributed by atoms with Crippen molar-refractivity contribution in [1.82, 2.24) is 14.8 Å². The molecule has 4 aliphatic rings. The van der Waals surface area contributed by atoms with Gasteiger partial charge in [0.15, 0.2) is 0 Å². The molecule has 4 fully saturated rings. The highest BCUT2D eigenvalue weighted by Crippen LogP contribution is 2.55. The van der Waals surface area contributed by atoms with E-state index in [4.69, 9.17) is 0 Å². The molecule has 2 bridgehead atoms. The predicted molar refractivity (Wildman–Crippen MR) is 135 cm³/mol. The highest BCUT2D eigenvalue weighted by Gasteiger charge is 2.54. The Kier molecular flexibility index (Phi) is 5.70. The molecule has 34 heavy (non-hydrogen) atoms. The maximum absolute atomic E-state index is 13.8. The first-order chi connectivity index (χ1) is 16.7. The molecule has 0 spiro atoms. The second-order valence-electron chi connectivity index (χ2n) is 10.4. The standard InChI is InChI=1S/C30H33N3O/c34-29(25-13-15-31-16-14-25)32-21-28-26(23-9-3-1-4-10-23)19-30(22-32,33-17-7-8-18-33)20-27(28)24-11-5-2-6-12-24/h1-6,9-16,26-28H,7-8,17-22H2. The van der Waals surface area contributed by atoms with Crippen LogP contribution in [0.15, 0.2) is 85.2 Å². The lowest BCUT2D eigenvalue weighted by Gasteiger charge is -2.50. The zero-order chi connectivity index (χ0) is 23.0.